The largest absolute Gasteiger partial charge is 0.444 e. The van der Waals surface area contributed by atoms with Crippen molar-refractivity contribution in [3.63, 3.8) is 0 Å². The van der Waals surface area contributed by atoms with Crippen LogP contribution in [0.15, 0.2) is 71.3 Å². The highest BCUT2D eigenvalue weighted by Crippen LogP contribution is 2.47. The van der Waals surface area contributed by atoms with Gasteiger partial charge in [-0.3, -0.25) is 14.9 Å². The molecule has 2 atom stereocenters. The maximum absolute atomic E-state index is 13.2. The average molecular weight is 422 g/mol. The third-order valence-corrected chi connectivity index (χ3v) is 5.76. The van der Waals surface area contributed by atoms with E-state index < -0.39 is 10.8 Å². The van der Waals surface area contributed by atoms with Gasteiger partial charge in [-0.15, -0.1) is 0 Å². The molecule has 0 bridgehead atoms. The molecular weight excluding hydrogens is 406 g/mol. The van der Waals surface area contributed by atoms with Crippen LogP contribution in [0.25, 0.3) is 0 Å². The molecule has 150 valence electrons. The maximum atomic E-state index is 13.2. The second-order valence-electron chi connectivity index (χ2n) is 7.16. The fourth-order valence-electron chi connectivity index (χ4n) is 4.09. The zero-order valence-electron chi connectivity index (χ0n) is 15.7. The van der Waals surface area contributed by atoms with Gasteiger partial charge in [0.25, 0.3) is 5.69 Å². The topological polar surface area (TPSA) is 119 Å². The molecule has 0 aromatic heterocycles. The molecule has 1 aliphatic carbocycles. The summed E-state index contributed by atoms with van der Waals surface area (Å²) in [6, 6.07) is 15.2. The van der Waals surface area contributed by atoms with E-state index in [1.807, 2.05) is 24.3 Å². The zero-order chi connectivity index (χ0) is 21.4. The smallest absolute Gasteiger partial charge is 0.269 e. The van der Waals surface area contributed by atoms with Gasteiger partial charge in [0.1, 0.15) is 17.4 Å². The number of benzene rings is 2. The van der Waals surface area contributed by atoms with Crippen LogP contribution in [0.2, 0.25) is 5.02 Å². The summed E-state index contributed by atoms with van der Waals surface area (Å²) in [6.07, 6.45) is 0.575. The molecule has 0 fully saturated rings. The monoisotopic (exact) mass is 421 g/mol. The summed E-state index contributed by atoms with van der Waals surface area (Å²) in [5.74, 6) is -0.909. The Morgan fingerprint density at radius 2 is 1.97 bits per heavy atom. The number of nitro benzene ring substituents is 1. The maximum Gasteiger partial charge on any atom is 0.269 e. The van der Waals surface area contributed by atoms with Crippen molar-refractivity contribution in [2.75, 3.05) is 0 Å². The molecule has 2 N–H and O–H groups in total. The lowest BCUT2D eigenvalue weighted by Crippen LogP contribution is -2.30. The number of ether oxygens (including phenoxy) is 1. The Morgan fingerprint density at radius 1 is 1.20 bits per heavy atom. The molecule has 0 saturated carbocycles. The summed E-state index contributed by atoms with van der Waals surface area (Å²) < 4.78 is 5.70. The molecule has 0 radical (unpaired) electrons. The highest BCUT2D eigenvalue weighted by atomic mass is 35.5. The number of carbonyl (C=O) groups excluding carboxylic acids is 1. The van der Waals surface area contributed by atoms with E-state index in [0.717, 1.165) is 5.56 Å². The molecule has 30 heavy (non-hydrogen) atoms. The van der Waals surface area contributed by atoms with E-state index in [1.165, 1.54) is 18.2 Å². The fraction of sp³-hybridized carbons (Fsp3) is 0.182. The number of non-ortho nitro benzene ring substituents is 1. The molecule has 0 spiro atoms. The van der Waals surface area contributed by atoms with E-state index in [2.05, 4.69) is 0 Å². The first-order valence-electron chi connectivity index (χ1n) is 9.23. The molecule has 2 aromatic rings. The standard InChI is InChI=1S/C22H16ClN3O4/c23-17-7-2-1-6-15(17)13-9-18(27)21-19(10-13)30-22(25)16(11-24)20(21)12-4-3-5-14(8-12)26(28)29/h1-8,13,20H,9-10,25H2/t13-,20+/m1/s1. The fourth-order valence-corrected chi connectivity index (χ4v) is 4.38. The van der Waals surface area contributed by atoms with Crippen LogP contribution in [0.3, 0.4) is 0 Å². The number of ketones is 1. The normalized spacial score (nSPS) is 21.0. The van der Waals surface area contributed by atoms with Crippen molar-refractivity contribution >= 4 is 23.1 Å². The molecule has 0 amide bonds. The van der Waals surface area contributed by atoms with Crippen LogP contribution in [0.1, 0.15) is 35.8 Å². The minimum Gasteiger partial charge on any atom is -0.444 e. The predicted molar refractivity (Wildman–Crippen MR) is 109 cm³/mol. The van der Waals surface area contributed by atoms with E-state index in [4.69, 9.17) is 22.1 Å². The molecule has 2 aliphatic rings. The second kappa shape index (κ2) is 7.65. The number of hydrogen-bond acceptors (Lipinski definition) is 6. The number of nitro groups is 1. The molecule has 1 heterocycles. The van der Waals surface area contributed by atoms with Gasteiger partial charge in [-0.25, -0.2) is 0 Å². The third kappa shape index (κ3) is 3.31. The third-order valence-electron chi connectivity index (χ3n) is 5.42. The van der Waals surface area contributed by atoms with Crippen LogP contribution in [0.4, 0.5) is 5.69 Å². The van der Waals surface area contributed by atoms with Crippen LogP contribution < -0.4 is 5.73 Å². The van der Waals surface area contributed by atoms with Crippen molar-refractivity contribution < 1.29 is 14.5 Å². The number of allylic oxidation sites excluding steroid dienone is 3. The van der Waals surface area contributed by atoms with E-state index in [9.17, 15) is 20.2 Å². The van der Waals surface area contributed by atoms with E-state index in [-0.39, 0.29) is 35.3 Å². The van der Waals surface area contributed by atoms with Crippen molar-refractivity contribution in [3.05, 3.63) is 97.6 Å². The highest BCUT2D eigenvalue weighted by molar-refractivity contribution is 6.31. The lowest BCUT2D eigenvalue weighted by Gasteiger charge is -2.34. The van der Waals surface area contributed by atoms with Gasteiger partial charge in [-0.2, -0.15) is 5.26 Å². The van der Waals surface area contributed by atoms with Gasteiger partial charge in [0.15, 0.2) is 5.78 Å². The summed E-state index contributed by atoms with van der Waals surface area (Å²) in [6.45, 7) is 0. The van der Waals surface area contributed by atoms with Gasteiger partial charge in [0.2, 0.25) is 5.88 Å². The van der Waals surface area contributed by atoms with Crippen LogP contribution in [-0.2, 0) is 9.53 Å². The number of halogens is 1. The van der Waals surface area contributed by atoms with Gasteiger partial charge in [-0.05, 0) is 23.1 Å². The van der Waals surface area contributed by atoms with Gasteiger partial charge in [0.05, 0.1) is 10.8 Å². The average Bonchev–Trinajstić information content (AvgIpc) is 2.73. The number of nitriles is 1. The summed E-state index contributed by atoms with van der Waals surface area (Å²) in [5.41, 5.74) is 7.56. The Hall–Kier alpha value is -3.63. The van der Waals surface area contributed by atoms with Crippen molar-refractivity contribution in [1.82, 2.24) is 0 Å². The lowest BCUT2D eigenvalue weighted by molar-refractivity contribution is -0.384. The first-order valence-corrected chi connectivity index (χ1v) is 9.61. The van der Waals surface area contributed by atoms with Gasteiger partial charge in [-0.1, -0.05) is 41.9 Å². The second-order valence-corrected chi connectivity index (χ2v) is 7.57. The molecular formula is C22H16ClN3O4. The summed E-state index contributed by atoms with van der Waals surface area (Å²) >= 11 is 6.32. The van der Waals surface area contributed by atoms with Crippen molar-refractivity contribution in [1.29, 1.82) is 5.26 Å². The lowest BCUT2D eigenvalue weighted by atomic mass is 9.73. The zero-order valence-corrected chi connectivity index (χ0v) is 16.4. The number of rotatable bonds is 3. The first kappa shape index (κ1) is 19.7. The summed E-state index contributed by atoms with van der Waals surface area (Å²) in [4.78, 5) is 23.9. The molecule has 7 nitrogen and oxygen atoms in total. The molecule has 1 aliphatic heterocycles. The molecule has 0 unspecified atom stereocenters. The van der Waals surface area contributed by atoms with Gasteiger partial charge < -0.3 is 10.5 Å². The molecule has 8 heteroatoms. The minimum atomic E-state index is -0.807. The Kier molecular flexibility index (Phi) is 5.02. The predicted octanol–water partition coefficient (Wildman–Crippen LogP) is 4.46. The number of Topliss-reactive ketones (excluding diaryl/α,β-unsaturated/α-hetero) is 1. The number of nitrogens with zero attached hydrogens (tertiary/aromatic N) is 2. The summed E-state index contributed by atoms with van der Waals surface area (Å²) in [7, 11) is 0. The van der Waals surface area contributed by atoms with Crippen LogP contribution in [0.5, 0.6) is 0 Å². The number of carbonyl (C=O) groups is 1. The van der Waals surface area contributed by atoms with Crippen molar-refractivity contribution in [2.24, 2.45) is 5.73 Å². The molecule has 4 rings (SSSR count). The highest BCUT2D eigenvalue weighted by Gasteiger charge is 2.41. The van der Waals surface area contributed by atoms with E-state index in [0.29, 0.717) is 28.3 Å². The van der Waals surface area contributed by atoms with Crippen molar-refractivity contribution in [2.45, 2.75) is 24.7 Å². The van der Waals surface area contributed by atoms with E-state index >= 15 is 0 Å². The van der Waals surface area contributed by atoms with Gasteiger partial charge >= 0.3 is 0 Å². The van der Waals surface area contributed by atoms with Crippen LogP contribution >= 0.6 is 11.6 Å². The van der Waals surface area contributed by atoms with Crippen molar-refractivity contribution in [3.8, 4) is 6.07 Å². The van der Waals surface area contributed by atoms with E-state index in [1.54, 1.807) is 12.1 Å². The Labute approximate surface area is 177 Å². The summed E-state index contributed by atoms with van der Waals surface area (Å²) in [5, 5.41) is 21.4. The Balaban J connectivity index is 1.82. The quantitative estimate of drug-likeness (QED) is 0.577. The number of nitrogens with two attached hydrogens (primary N) is 1. The van der Waals surface area contributed by atoms with Crippen LogP contribution in [0, 0.1) is 21.4 Å². The molecule has 2 aromatic carbocycles. The first-order chi connectivity index (χ1) is 14.4. The minimum absolute atomic E-state index is 0.0683. The van der Waals surface area contributed by atoms with Crippen LogP contribution in [-0.4, -0.2) is 10.7 Å². The van der Waals surface area contributed by atoms with Gasteiger partial charge in [0, 0.05) is 35.6 Å². The Morgan fingerprint density at radius 3 is 2.67 bits per heavy atom. The molecule has 0 saturated heterocycles. The SMILES string of the molecule is N#CC1=C(N)OC2=C(C(=O)C[C@@H](c3ccccc3Cl)C2)[C@H]1c1cccc([N+](=O)[O-])c1. The Bertz CT molecular complexity index is 1180. The number of hydrogen-bond donors (Lipinski definition) is 1.